The van der Waals surface area contributed by atoms with Gasteiger partial charge in [0, 0.05) is 38.0 Å². The lowest BCUT2D eigenvalue weighted by molar-refractivity contribution is -0.155. The third kappa shape index (κ3) is 4.55. The summed E-state index contributed by atoms with van der Waals surface area (Å²) in [4.78, 5) is 30.5. The van der Waals surface area contributed by atoms with E-state index in [9.17, 15) is 9.59 Å². The van der Waals surface area contributed by atoms with Crippen LogP contribution in [-0.4, -0.2) is 72.2 Å². The van der Waals surface area contributed by atoms with Crippen molar-refractivity contribution in [2.45, 2.75) is 89.6 Å². The molecule has 5 fully saturated rings. The molecule has 0 aromatic rings. The molecule has 0 N–H and O–H groups in total. The lowest BCUT2D eigenvalue weighted by Gasteiger charge is -2.41. The molecule has 0 radical (unpaired) electrons. The molecule has 3 aliphatic carbocycles. The number of ether oxygens (including phenoxy) is 2. The van der Waals surface area contributed by atoms with Crippen LogP contribution < -0.4 is 0 Å². The van der Waals surface area contributed by atoms with Crippen molar-refractivity contribution in [3.05, 3.63) is 0 Å². The van der Waals surface area contributed by atoms with E-state index in [1.165, 1.54) is 25.7 Å². The topological polar surface area (TPSA) is 59.1 Å². The highest BCUT2D eigenvalue weighted by molar-refractivity contribution is 5.81. The van der Waals surface area contributed by atoms with Crippen LogP contribution in [0.5, 0.6) is 0 Å². The van der Waals surface area contributed by atoms with Gasteiger partial charge >= 0.3 is 0 Å². The number of nitrogens with zero attached hydrogens (tertiary/aromatic N) is 2. The molecule has 30 heavy (non-hydrogen) atoms. The number of rotatable bonds is 4. The highest BCUT2D eigenvalue weighted by atomic mass is 16.5. The molecule has 3 saturated carbocycles. The van der Waals surface area contributed by atoms with Crippen molar-refractivity contribution >= 4 is 11.8 Å². The average molecular weight is 419 g/mol. The van der Waals surface area contributed by atoms with Gasteiger partial charge in [-0.1, -0.05) is 0 Å². The maximum atomic E-state index is 13.2. The van der Waals surface area contributed by atoms with Crippen molar-refractivity contribution in [1.29, 1.82) is 0 Å². The number of carbonyl (C=O) groups is 2. The summed E-state index contributed by atoms with van der Waals surface area (Å²) in [5, 5.41) is 0. The minimum atomic E-state index is 0.0852. The Morgan fingerprint density at radius 2 is 0.967 bits per heavy atom. The second-order valence-electron chi connectivity index (χ2n) is 10.7. The Morgan fingerprint density at radius 1 is 0.600 bits per heavy atom. The molecule has 2 amide bonds. The Bertz CT molecular complexity index is 598. The molecule has 0 aromatic carbocycles. The van der Waals surface area contributed by atoms with Crippen LogP contribution in [0.25, 0.3) is 0 Å². The van der Waals surface area contributed by atoms with Crippen molar-refractivity contribution in [3.8, 4) is 0 Å². The molecule has 0 spiro atoms. The van der Waals surface area contributed by atoms with Crippen LogP contribution in [0.4, 0.5) is 0 Å². The van der Waals surface area contributed by atoms with Gasteiger partial charge in [0.25, 0.3) is 0 Å². The maximum Gasteiger partial charge on any atom is 0.225 e. The van der Waals surface area contributed by atoms with Crippen molar-refractivity contribution in [1.82, 2.24) is 9.80 Å². The molecule has 5 rings (SSSR count). The van der Waals surface area contributed by atoms with Gasteiger partial charge in [0.05, 0.1) is 24.4 Å². The fraction of sp³-hybridized carbons (Fsp3) is 0.917. The van der Waals surface area contributed by atoms with E-state index < -0.39 is 0 Å². The van der Waals surface area contributed by atoms with Gasteiger partial charge in [-0.05, 0) is 77.0 Å². The second-order valence-corrected chi connectivity index (χ2v) is 10.7. The predicted octanol–water partition coefficient (Wildman–Crippen LogP) is 2.84. The minimum Gasteiger partial charge on any atom is -0.371 e. The van der Waals surface area contributed by atoms with E-state index in [2.05, 4.69) is 23.6 Å². The summed E-state index contributed by atoms with van der Waals surface area (Å²) in [5.74, 6) is 2.09. The Kier molecular flexibility index (Phi) is 5.82. The molecule has 4 unspecified atom stereocenters. The molecular weight excluding hydrogens is 380 g/mol. The van der Waals surface area contributed by atoms with Gasteiger partial charge in [-0.15, -0.1) is 0 Å². The van der Waals surface area contributed by atoms with Crippen molar-refractivity contribution in [2.75, 3.05) is 26.2 Å². The van der Waals surface area contributed by atoms with Gasteiger partial charge < -0.3 is 19.3 Å². The van der Waals surface area contributed by atoms with Crippen LogP contribution >= 0.6 is 0 Å². The average Bonchev–Trinajstić information content (AvgIpc) is 3.64. The summed E-state index contributed by atoms with van der Waals surface area (Å²) in [6.07, 6.45) is 9.11. The zero-order valence-electron chi connectivity index (χ0n) is 18.6. The molecular formula is C24H38N2O4. The normalized spacial score (nSPS) is 40.3. The smallest absolute Gasteiger partial charge is 0.225 e. The van der Waals surface area contributed by atoms with Gasteiger partial charge in [0.15, 0.2) is 0 Å². The first kappa shape index (κ1) is 20.7. The zero-order chi connectivity index (χ0) is 20.8. The van der Waals surface area contributed by atoms with E-state index in [4.69, 9.17) is 9.47 Å². The molecule has 2 heterocycles. The van der Waals surface area contributed by atoms with Gasteiger partial charge in [-0.2, -0.15) is 0 Å². The summed E-state index contributed by atoms with van der Waals surface area (Å²) in [7, 11) is 0. The molecule has 0 aromatic heterocycles. The summed E-state index contributed by atoms with van der Waals surface area (Å²) in [6, 6.07) is 0. The van der Waals surface area contributed by atoms with E-state index in [1.54, 1.807) is 0 Å². The highest BCUT2D eigenvalue weighted by Gasteiger charge is 2.42. The molecule has 2 aliphatic heterocycles. The van der Waals surface area contributed by atoms with E-state index in [-0.39, 0.29) is 36.3 Å². The lowest BCUT2D eigenvalue weighted by Crippen LogP contribution is -2.53. The van der Waals surface area contributed by atoms with E-state index in [1.807, 2.05) is 0 Å². The number of morpholine rings is 2. The van der Waals surface area contributed by atoms with E-state index in [0.717, 1.165) is 51.9 Å². The minimum absolute atomic E-state index is 0.0852. The largest absolute Gasteiger partial charge is 0.371 e. The first-order valence-corrected chi connectivity index (χ1v) is 12.4. The predicted molar refractivity (Wildman–Crippen MR) is 113 cm³/mol. The fourth-order valence-electron chi connectivity index (χ4n) is 5.89. The number of hydrogen-bond acceptors (Lipinski definition) is 4. The van der Waals surface area contributed by atoms with Crippen LogP contribution in [0, 0.1) is 23.7 Å². The standard InChI is InChI=1S/C24H38N2O4/c1-15-11-25(13-21(29-15)17-3-4-17)23(27)19-7-9-20(10-8-19)24(28)26-12-16(2)30-22(14-26)18-5-6-18/h15-22H,3-14H2,1-2H3. The zero-order valence-corrected chi connectivity index (χ0v) is 18.6. The van der Waals surface area contributed by atoms with Crippen LogP contribution in [-0.2, 0) is 19.1 Å². The Hall–Kier alpha value is -1.14. The molecule has 6 nitrogen and oxygen atoms in total. The molecule has 6 heteroatoms. The van der Waals surface area contributed by atoms with Crippen molar-refractivity contribution in [2.24, 2.45) is 23.7 Å². The summed E-state index contributed by atoms with van der Waals surface area (Å²) in [5.41, 5.74) is 0. The van der Waals surface area contributed by atoms with Gasteiger partial charge in [0.1, 0.15) is 0 Å². The lowest BCUT2D eigenvalue weighted by atomic mass is 9.80. The van der Waals surface area contributed by atoms with E-state index >= 15 is 0 Å². The van der Waals surface area contributed by atoms with Gasteiger partial charge in [-0.3, -0.25) is 9.59 Å². The molecule has 4 atom stereocenters. The van der Waals surface area contributed by atoms with Crippen molar-refractivity contribution < 1.29 is 19.1 Å². The Labute approximate surface area is 180 Å². The Balaban J connectivity index is 1.13. The fourth-order valence-corrected chi connectivity index (χ4v) is 5.89. The summed E-state index contributed by atoms with van der Waals surface area (Å²) < 4.78 is 12.2. The molecule has 2 saturated heterocycles. The van der Waals surface area contributed by atoms with Crippen LogP contribution in [0.2, 0.25) is 0 Å². The maximum absolute atomic E-state index is 13.2. The molecule has 0 bridgehead atoms. The number of carbonyl (C=O) groups excluding carboxylic acids is 2. The number of hydrogen-bond donors (Lipinski definition) is 0. The highest BCUT2D eigenvalue weighted by Crippen LogP contribution is 2.39. The van der Waals surface area contributed by atoms with Crippen molar-refractivity contribution in [3.63, 3.8) is 0 Å². The quantitative estimate of drug-likeness (QED) is 0.704. The van der Waals surface area contributed by atoms with Gasteiger partial charge in [0.2, 0.25) is 11.8 Å². The first-order valence-electron chi connectivity index (χ1n) is 12.4. The van der Waals surface area contributed by atoms with E-state index in [0.29, 0.717) is 23.7 Å². The molecule has 168 valence electrons. The number of amides is 2. The monoisotopic (exact) mass is 418 g/mol. The van der Waals surface area contributed by atoms with Crippen LogP contribution in [0.15, 0.2) is 0 Å². The summed E-state index contributed by atoms with van der Waals surface area (Å²) >= 11 is 0. The third-order valence-electron chi connectivity index (χ3n) is 7.91. The first-order chi connectivity index (χ1) is 14.5. The van der Waals surface area contributed by atoms with Gasteiger partial charge in [-0.25, -0.2) is 0 Å². The summed E-state index contributed by atoms with van der Waals surface area (Å²) in [6.45, 7) is 7.14. The Morgan fingerprint density at radius 3 is 1.30 bits per heavy atom. The SMILES string of the molecule is CC1CN(C(=O)C2CCC(C(=O)N3CC(C)OC(C4CC4)C3)CC2)CC(C2CC2)O1. The second kappa shape index (κ2) is 8.42. The van der Waals surface area contributed by atoms with Crippen LogP contribution in [0.3, 0.4) is 0 Å². The third-order valence-corrected chi connectivity index (χ3v) is 7.91. The molecule has 5 aliphatic rings. The van der Waals surface area contributed by atoms with Crippen LogP contribution in [0.1, 0.15) is 65.2 Å².